The summed E-state index contributed by atoms with van der Waals surface area (Å²) >= 11 is 0. The average molecular weight is 461 g/mol. The van der Waals surface area contributed by atoms with Crippen molar-refractivity contribution in [3.05, 3.63) is 60.4 Å². The number of hydrogen-bond acceptors (Lipinski definition) is 7. The minimum absolute atomic E-state index is 0.302. The van der Waals surface area contributed by atoms with Gasteiger partial charge in [0.25, 0.3) is 0 Å². The molecule has 176 valence electrons. The quantitative estimate of drug-likeness (QED) is 0.410. The summed E-state index contributed by atoms with van der Waals surface area (Å²) in [4.78, 5) is 15.4. The molecule has 0 atom stereocenters. The number of alkyl halides is 3. The Morgan fingerprint density at radius 3 is 2.55 bits per heavy atom. The lowest BCUT2D eigenvalue weighted by molar-refractivity contribution is -0.274. The molecule has 0 aliphatic carbocycles. The Morgan fingerprint density at radius 2 is 1.82 bits per heavy atom. The van der Waals surface area contributed by atoms with Gasteiger partial charge < -0.3 is 20.3 Å². The lowest BCUT2D eigenvalue weighted by atomic mass is 10.1. The summed E-state index contributed by atoms with van der Waals surface area (Å²) in [5.41, 5.74) is 1.91. The van der Waals surface area contributed by atoms with Crippen molar-refractivity contribution in [2.75, 3.05) is 44.4 Å². The average Bonchev–Trinajstić information content (AvgIpc) is 2.76. The Hall–Kier alpha value is -3.40. The van der Waals surface area contributed by atoms with Gasteiger partial charge in [-0.15, -0.1) is 13.2 Å². The lowest BCUT2D eigenvalue weighted by Gasteiger charge is -2.14. The van der Waals surface area contributed by atoms with Crippen molar-refractivity contribution in [1.29, 1.82) is 0 Å². The minimum atomic E-state index is -4.76. The van der Waals surface area contributed by atoms with Gasteiger partial charge in [-0.05, 0) is 51.3 Å². The van der Waals surface area contributed by atoms with Gasteiger partial charge in [0.05, 0.1) is 5.69 Å². The third-order valence-electron chi connectivity index (χ3n) is 4.57. The van der Waals surface area contributed by atoms with E-state index in [4.69, 9.17) is 0 Å². The monoisotopic (exact) mass is 460 g/mol. The number of hydrogen-bond donors (Lipinski definition) is 2. The largest absolute Gasteiger partial charge is 0.573 e. The highest BCUT2D eigenvalue weighted by Crippen LogP contribution is 2.28. The van der Waals surface area contributed by atoms with Crippen LogP contribution in [0.1, 0.15) is 12.1 Å². The molecule has 0 aliphatic heterocycles. The number of anilines is 2. The van der Waals surface area contributed by atoms with E-state index in [1.54, 1.807) is 18.3 Å². The molecule has 0 unspecified atom stereocenters. The number of rotatable bonds is 11. The van der Waals surface area contributed by atoms with Crippen LogP contribution in [0.2, 0.25) is 0 Å². The summed E-state index contributed by atoms with van der Waals surface area (Å²) in [6.07, 6.45) is -1.44. The molecule has 3 rings (SSSR count). The van der Waals surface area contributed by atoms with Crippen molar-refractivity contribution < 1.29 is 17.9 Å². The van der Waals surface area contributed by atoms with Crippen molar-refractivity contribution in [3.63, 3.8) is 0 Å². The van der Waals surface area contributed by atoms with Gasteiger partial charge in [-0.2, -0.15) is 4.98 Å². The van der Waals surface area contributed by atoms with Crippen molar-refractivity contribution in [1.82, 2.24) is 19.9 Å². The molecule has 33 heavy (non-hydrogen) atoms. The number of halogens is 3. The van der Waals surface area contributed by atoms with E-state index in [2.05, 4.69) is 35.2 Å². The van der Waals surface area contributed by atoms with Gasteiger partial charge >= 0.3 is 6.36 Å². The Balaban J connectivity index is 1.78. The standard InChI is InChI=1S/C23H27F3N6O/c1-32(2)14-6-12-29-22-30-20(17-7-5-9-19(15-17)33-23(24,25)26)16-21(31-22)28-13-10-18-8-3-4-11-27-18/h3-5,7-9,11,15-16H,6,10,12-14H2,1-2H3,(H2,28,29,30,31). The van der Waals surface area contributed by atoms with E-state index in [9.17, 15) is 13.2 Å². The van der Waals surface area contributed by atoms with E-state index in [1.807, 2.05) is 32.3 Å². The highest BCUT2D eigenvalue weighted by Gasteiger charge is 2.31. The van der Waals surface area contributed by atoms with Crippen molar-refractivity contribution in [2.45, 2.75) is 19.2 Å². The first-order chi connectivity index (χ1) is 15.8. The third kappa shape index (κ3) is 8.57. The van der Waals surface area contributed by atoms with Crippen molar-refractivity contribution in [3.8, 4) is 17.0 Å². The first-order valence-electron chi connectivity index (χ1n) is 10.6. The molecule has 0 saturated heterocycles. The zero-order valence-electron chi connectivity index (χ0n) is 18.6. The molecule has 0 aliphatic rings. The second-order valence-corrected chi connectivity index (χ2v) is 7.62. The smallest absolute Gasteiger partial charge is 0.406 e. The van der Waals surface area contributed by atoms with E-state index < -0.39 is 6.36 Å². The topological polar surface area (TPSA) is 75.2 Å². The molecule has 7 nitrogen and oxygen atoms in total. The Labute approximate surface area is 191 Å². The maximum Gasteiger partial charge on any atom is 0.573 e. The first kappa shape index (κ1) is 24.2. The minimum Gasteiger partial charge on any atom is -0.406 e. The summed E-state index contributed by atoms with van der Waals surface area (Å²) in [6.45, 7) is 2.15. The second-order valence-electron chi connectivity index (χ2n) is 7.62. The first-order valence-corrected chi connectivity index (χ1v) is 10.6. The Morgan fingerprint density at radius 1 is 0.970 bits per heavy atom. The fourth-order valence-electron chi connectivity index (χ4n) is 3.08. The lowest BCUT2D eigenvalue weighted by Crippen LogP contribution is -2.17. The highest BCUT2D eigenvalue weighted by atomic mass is 19.4. The Bertz CT molecular complexity index is 1010. The number of pyridine rings is 1. The number of benzene rings is 1. The van der Waals surface area contributed by atoms with E-state index in [0.717, 1.165) is 18.7 Å². The number of aromatic nitrogens is 3. The number of ether oxygens (including phenoxy) is 1. The molecule has 10 heteroatoms. The van der Waals surface area contributed by atoms with Crippen molar-refractivity contribution >= 4 is 11.8 Å². The van der Waals surface area contributed by atoms with Crippen LogP contribution in [-0.2, 0) is 6.42 Å². The molecule has 0 fully saturated rings. The van der Waals surface area contributed by atoms with E-state index >= 15 is 0 Å². The van der Waals surface area contributed by atoms with Crippen LogP contribution in [0.25, 0.3) is 11.3 Å². The summed E-state index contributed by atoms with van der Waals surface area (Å²) in [6, 6.07) is 13.2. The normalized spacial score (nSPS) is 11.5. The third-order valence-corrected chi connectivity index (χ3v) is 4.57. The summed E-state index contributed by atoms with van der Waals surface area (Å²) in [7, 11) is 3.99. The van der Waals surface area contributed by atoms with E-state index in [0.29, 0.717) is 42.5 Å². The van der Waals surface area contributed by atoms with Crippen LogP contribution in [0.3, 0.4) is 0 Å². The second kappa shape index (κ2) is 11.5. The molecule has 3 aromatic rings. The molecule has 0 spiro atoms. The van der Waals surface area contributed by atoms with Crippen LogP contribution >= 0.6 is 0 Å². The SMILES string of the molecule is CN(C)CCCNc1nc(NCCc2ccccn2)cc(-c2cccc(OC(F)(F)F)c2)n1. The molecule has 2 heterocycles. The van der Waals surface area contributed by atoms with Gasteiger partial charge in [-0.3, -0.25) is 4.98 Å². The van der Waals surface area contributed by atoms with Gasteiger partial charge in [-0.25, -0.2) is 4.98 Å². The predicted octanol–water partition coefficient (Wildman–Crippen LogP) is 4.46. The molecule has 0 saturated carbocycles. The zero-order chi connectivity index (χ0) is 23.7. The highest BCUT2D eigenvalue weighted by molar-refractivity contribution is 5.66. The molecule has 2 N–H and O–H groups in total. The van der Waals surface area contributed by atoms with Crippen LogP contribution in [-0.4, -0.2) is 59.9 Å². The maximum absolute atomic E-state index is 12.6. The summed E-state index contributed by atoms with van der Waals surface area (Å²) in [5.74, 6) is 0.658. The molecule has 0 bridgehead atoms. The van der Waals surface area contributed by atoms with Crippen LogP contribution in [0.4, 0.5) is 24.9 Å². The summed E-state index contributed by atoms with van der Waals surface area (Å²) < 4.78 is 42.0. The molecule has 0 amide bonds. The molecular formula is C23H27F3N6O. The van der Waals surface area contributed by atoms with Crippen LogP contribution in [0.15, 0.2) is 54.7 Å². The summed E-state index contributed by atoms with van der Waals surface area (Å²) in [5, 5.41) is 6.45. The van der Waals surface area contributed by atoms with Gasteiger partial charge in [-0.1, -0.05) is 18.2 Å². The zero-order valence-corrected chi connectivity index (χ0v) is 18.6. The van der Waals surface area contributed by atoms with E-state index in [1.165, 1.54) is 18.2 Å². The van der Waals surface area contributed by atoms with Crippen LogP contribution < -0.4 is 15.4 Å². The van der Waals surface area contributed by atoms with Gasteiger partial charge in [0.1, 0.15) is 11.6 Å². The van der Waals surface area contributed by atoms with Crippen LogP contribution in [0.5, 0.6) is 5.75 Å². The number of nitrogens with one attached hydrogen (secondary N) is 2. The molecular weight excluding hydrogens is 433 g/mol. The van der Waals surface area contributed by atoms with Crippen molar-refractivity contribution in [2.24, 2.45) is 0 Å². The van der Waals surface area contributed by atoms with E-state index in [-0.39, 0.29) is 5.75 Å². The fourth-order valence-corrected chi connectivity index (χ4v) is 3.08. The fraction of sp³-hybridized carbons (Fsp3) is 0.348. The molecule has 1 aromatic carbocycles. The predicted molar refractivity (Wildman–Crippen MR) is 122 cm³/mol. The van der Waals surface area contributed by atoms with Crippen LogP contribution in [0, 0.1) is 0 Å². The van der Waals surface area contributed by atoms with Gasteiger partial charge in [0.2, 0.25) is 5.95 Å². The Kier molecular flexibility index (Phi) is 8.42. The van der Waals surface area contributed by atoms with Gasteiger partial charge in [0, 0.05) is 43.0 Å². The number of nitrogens with zero attached hydrogens (tertiary/aromatic N) is 4. The van der Waals surface area contributed by atoms with Gasteiger partial charge in [0.15, 0.2) is 0 Å². The maximum atomic E-state index is 12.6. The molecule has 2 aromatic heterocycles. The molecule has 0 radical (unpaired) electrons.